The topological polar surface area (TPSA) is 155 Å². The average Bonchev–Trinajstić information content (AvgIpc) is 3.27. The first-order valence-electron chi connectivity index (χ1n) is 10.8. The zero-order chi connectivity index (χ0) is 26.4. The van der Waals surface area contributed by atoms with Crippen LogP contribution in [0.25, 0.3) is 21.9 Å². The van der Waals surface area contributed by atoms with Crippen molar-refractivity contribution in [2.45, 2.75) is 9.79 Å². The van der Waals surface area contributed by atoms with Crippen molar-refractivity contribution >= 4 is 59.0 Å². The fourth-order valence-corrected chi connectivity index (χ4v) is 5.71. The molecule has 0 bridgehead atoms. The maximum absolute atomic E-state index is 13.2. The van der Waals surface area contributed by atoms with E-state index >= 15 is 0 Å². The first-order valence-corrected chi connectivity index (χ1v) is 14.2. The summed E-state index contributed by atoms with van der Waals surface area (Å²) in [7, 11) is -7.44. The van der Waals surface area contributed by atoms with E-state index in [9.17, 15) is 26.4 Å². The summed E-state index contributed by atoms with van der Waals surface area (Å²) in [6.45, 7) is 0. The van der Waals surface area contributed by atoms with Crippen LogP contribution in [0.5, 0.6) is 0 Å². The van der Waals surface area contributed by atoms with Crippen LogP contribution < -0.4 is 15.5 Å². The average molecular weight is 538 g/mol. The molecule has 5 aromatic rings. The Labute approximate surface area is 210 Å². The molecule has 0 saturated carbocycles. The summed E-state index contributed by atoms with van der Waals surface area (Å²) in [4.78, 5) is 27.6. The minimum atomic E-state index is -3.98. The fourth-order valence-electron chi connectivity index (χ4n) is 3.83. The number of fused-ring (bicyclic) bond motifs is 2. The molecule has 0 aliphatic carbocycles. The van der Waals surface area contributed by atoms with Crippen LogP contribution in [0, 0.1) is 0 Å². The first-order chi connectivity index (χ1) is 17.5. The van der Waals surface area contributed by atoms with Crippen molar-refractivity contribution in [2.75, 3.05) is 16.3 Å². The summed E-state index contributed by atoms with van der Waals surface area (Å²) >= 11 is 0. The second kappa shape index (κ2) is 8.91. The molecular weight excluding hydrogens is 518 g/mol. The minimum absolute atomic E-state index is 0.0592. The van der Waals surface area contributed by atoms with Gasteiger partial charge in [0, 0.05) is 28.7 Å². The number of hydrogen-bond acceptors (Lipinski definition) is 7. The Balaban J connectivity index is 1.41. The van der Waals surface area contributed by atoms with Gasteiger partial charge in [0.2, 0.25) is 19.9 Å². The van der Waals surface area contributed by atoms with Crippen LogP contribution in [0.4, 0.5) is 11.4 Å². The number of sulfone groups is 1. The van der Waals surface area contributed by atoms with Crippen molar-refractivity contribution in [3.8, 4) is 0 Å². The molecule has 1 amide bonds. The van der Waals surface area contributed by atoms with Gasteiger partial charge in [0.05, 0.1) is 33.4 Å². The molecule has 188 valence electrons. The molecule has 0 saturated heterocycles. The van der Waals surface area contributed by atoms with Crippen molar-refractivity contribution in [2.24, 2.45) is 0 Å². The second-order valence-electron chi connectivity index (χ2n) is 8.29. The molecular formula is C25H19N3O7S2. The molecule has 0 fully saturated rings. The maximum Gasteiger partial charge on any atom is 0.272 e. The lowest BCUT2D eigenvalue weighted by Gasteiger charge is -2.09. The standard InChI is InChI=1S/C25H19N3O7S2/c1-36(31,32)28-17-6-5-15-11-22(27-21(15)13-17)25(30)26-16-3-2-4-18(12-16)37(33,34)19-7-8-20-23(29)9-10-35-24(20)14-19/h2-14,27-28H,1H3,(H,26,30). The number of amides is 1. The molecule has 12 heteroatoms. The Morgan fingerprint density at radius 1 is 0.865 bits per heavy atom. The van der Waals surface area contributed by atoms with E-state index in [4.69, 9.17) is 4.42 Å². The molecule has 10 nitrogen and oxygen atoms in total. The second-order valence-corrected chi connectivity index (χ2v) is 12.0. The van der Waals surface area contributed by atoms with Gasteiger partial charge in [-0.3, -0.25) is 14.3 Å². The van der Waals surface area contributed by atoms with Gasteiger partial charge < -0.3 is 14.7 Å². The molecule has 37 heavy (non-hydrogen) atoms. The van der Waals surface area contributed by atoms with Crippen LogP contribution in [0.3, 0.4) is 0 Å². The fraction of sp³-hybridized carbons (Fsp3) is 0.0400. The van der Waals surface area contributed by atoms with Gasteiger partial charge in [0.15, 0.2) is 5.43 Å². The van der Waals surface area contributed by atoms with Crippen molar-refractivity contribution in [3.05, 3.63) is 95.0 Å². The number of aromatic nitrogens is 1. The van der Waals surface area contributed by atoms with E-state index in [1.165, 1.54) is 48.7 Å². The van der Waals surface area contributed by atoms with Crippen LogP contribution in [-0.4, -0.2) is 34.0 Å². The molecule has 2 heterocycles. The van der Waals surface area contributed by atoms with Crippen LogP contribution in [0.1, 0.15) is 10.5 Å². The Morgan fingerprint density at radius 3 is 2.43 bits per heavy atom. The normalized spacial score (nSPS) is 12.0. The molecule has 0 radical (unpaired) electrons. The highest BCUT2D eigenvalue weighted by Crippen LogP contribution is 2.26. The summed E-state index contributed by atoms with van der Waals surface area (Å²) in [5.74, 6) is -0.518. The lowest BCUT2D eigenvalue weighted by Crippen LogP contribution is -2.13. The monoisotopic (exact) mass is 537 g/mol. The lowest BCUT2D eigenvalue weighted by molar-refractivity contribution is 0.102. The molecule has 3 N–H and O–H groups in total. The summed E-state index contributed by atoms with van der Waals surface area (Å²) in [6, 6.07) is 17.4. The summed E-state index contributed by atoms with van der Waals surface area (Å²) in [6.07, 6.45) is 2.24. The molecule has 5 rings (SSSR count). The molecule has 3 aromatic carbocycles. The Bertz CT molecular complexity index is 1970. The lowest BCUT2D eigenvalue weighted by atomic mass is 10.2. The third kappa shape index (κ3) is 4.97. The Kier molecular flexibility index (Phi) is 5.85. The third-order valence-electron chi connectivity index (χ3n) is 5.52. The van der Waals surface area contributed by atoms with E-state index in [1.807, 2.05) is 0 Å². The molecule has 0 aliphatic heterocycles. The highest BCUT2D eigenvalue weighted by molar-refractivity contribution is 7.92. The number of rotatable bonds is 6. The number of hydrogen-bond donors (Lipinski definition) is 3. The van der Waals surface area contributed by atoms with Gasteiger partial charge in [-0.05, 0) is 48.5 Å². The van der Waals surface area contributed by atoms with Crippen LogP contribution in [0.2, 0.25) is 0 Å². The van der Waals surface area contributed by atoms with Gasteiger partial charge >= 0.3 is 0 Å². The smallest absolute Gasteiger partial charge is 0.272 e. The number of carbonyl (C=O) groups is 1. The molecule has 0 atom stereocenters. The maximum atomic E-state index is 13.2. The van der Waals surface area contributed by atoms with Crippen molar-refractivity contribution in [1.29, 1.82) is 0 Å². The van der Waals surface area contributed by atoms with E-state index in [1.54, 1.807) is 30.3 Å². The number of carbonyl (C=O) groups excluding carboxylic acids is 1. The Hall–Kier alpha value is -4.42. The van der Waals surface area contributed by atoms with E-state index in [0.29, 0.717) is 16.6 Å². The number of benzene rings is 3. The van der Waals surface area contributed by atoms with Gasteiger partial charge in [-0.1, -0.05) is 12.1 Å². The van der Waals surface area contributed by atoms with Crippen molar-refractivity contribution < 1.29 is 26.0 Å². The summed E-state index contributed by atoms with van der Waals surface area (Å²) < 4.78 is 57.1. The third-order valence-corrected chi connectivity index (χ3v) is 7.87. The van der Waals surface area contributed by atoms with E-state index in [2.05, 4.69) is 15.0 Å². The molecule has 2 aromatic heterocycles. The number of nitrogens with one attached hydrogen (secondary N) is 3. The van der Waals surface area contributed by atoms with E-state index in [0.717, 1.165) is 6.26 Å². The largest absolute Gasteiger partial charge is 0.464 e. The predicted molar refractivity (Wildman–Crippen MR) is 139 cm³/mol. The zero-order valence-electron chi connectivity index (χ0n) is 19.2. The predicted octanol–water partition coefficient (Wildman–Crippen LogP) is 3.73. The van der Waals surface area contributed by atoms with Gasteiger partial charge in [-0.25, -0.2) is 16.8 Å². The molecule has 0 unspecified atom stereocenters. The summed E-state index contributed by atoms with van der Waals surface area (Å²) in [5.41, 5.74) is 1.19. The van der Waals surface area contributed by atoms with E-state index in [-0.39, 0.29) is 37.6 Å². The number of sulfonamides is 1. The highest BCUT2D eigenvalue weighted by Gasteiger charge is 2.20. The SMILES string of the molecule is CS(=O)(=O)Nc1ccc2cc(C(=O)Nc3cccc(S(=O)(=O)c4ccc5c(=O)ccoc5c4)c3)[nH]c2c1. The van der Waals surface area contributed by atoms with Crippen molar-refractivity contribution in [3.63, 3.8) is 0 Å². The minimum Gasteiger partial charge on any atom is -0.464 e. The van der Waals surface area contributed by atoms with Gasteiger partial charge in [0.1, 0.15) is 11.3 Å². The zero-order valence-corrected chi connectivity index (χ0v) is 20.8. The van der Waals surface area contributed by atoms with Crippen LogP contribution in [0.15, 0.2) is 98.1 Å². The molecule has 0 aliphatic rings. The van der Waals surface area contributed by atoms with Gasteiger partial charge in [-0.15, -0.1) is 0 Å². The first kappa shape index (κ1) is 24.3. The summed E-state index contributed by atoms with van der Waals surface area (Å²) in [5, 5.41) is 3.61. The highest BCUT2D eigenvalue weighted by atomic mass is 32.2. The van der Waals surface area contributed by atoms with Crippen molar-refractivity contribution in [1.82, 2.24) is 4.98 Å². The number of aromatic amines is 1. The van der Waals surface area contributed by atoms with Gasteiger partial charge in [0.25, 0.3) is 5.91 Å². The van der Waals surface area contributed by atoms with E-state index < -0.39 is 25.8 Å². The Morgan fingerprint density at radius 2 is 1.65 bits per heavy atom. The molecule has 0 spiro atoms. The van der Waals surface area contributed by atoms with Gasteiger partial charge in [-0.2, -0.15) is 0 Å². The number of H-pyrrole nitrogens is 1. The van der Waals surface area contributed by atoms with Crippen LogP contribution >= 0.6 is 0 Å². The van der Waals surface area contributed by atoms with Crippen LogP contribution in [-0.2, 0) is 19.9 Å². The number of anilines is 2. The quantitative estimate of drug-likeness (QED) is 0.298.